The van der Waals surface area contributed by atoms with Crippen LogP contribution in [0.1, 0.15) is 39.0 Å². The lowest BCUT2D eigenvalue weighted by Gasteiger charge is -2.51. The van der Waals surface area contributed by atoms with E-state index >= 15 is 0 Å². The van der Waals surface area contributed by atoms with E-state index in [9.17, 15) is 8.42 Å². The number of nitrogens with zero attached hydrogens (tertiary/aromatic N) is 1. The number of hydrogen-bond acceptors (Lipinski definition) is 4. The van der Waals surface area contributed by atoms with Gasteiger partial charge >= 0.3 is 0 Å². The summed E-state index contributed by atoms with van der Waals surface area (Å²) in [6.07, 6.45) is 8.01. The van der Waals surface area contributed by atoms with Crippen molar-refractivity contribution in [2.24, 2.45) is 0 Å². The van der Waals surface area contributed by atoms with Gasteiger partial charge in [0.1, 0.15) is 0 Å². The second-order valence-electron chi connectivity index (χ2n) is 6.14. The quantitative estimate of drug-likeness (QED) is 0.848. The summed E-state index contributed by atoms with van der Waals surface area (Å²) in [7, 11) is -2.94. The van der Waals surface area contributed by atoms with Gasteiger partial charge in [-0.2, -0.15) is 0 Å². The average molecular weight is 284 g/mol. The van der Waals surface area contributed by atoms with Gasteiger partial charge in [-0.05, 0) is 32.2 Å². The van der Waals surface area contributed by atoms with Gasteiger partial charge in [0.2, 0.25) is 0 Å². The molecular weight excluding hydrogens is 260 g/mol. The Kier molecular flexibility index (Phi) is 3.71. The second-order valence-corrected chi connectivity index (χ2v) is 8.07. The zero-order chi connectivity index (χ0) is 13.5. The molecule has 3 rings (SSSR count). The highest BCUT2D eigenvalue weighted by atomic mass is 32.2. The molecule has 0 aliphatic carbocycles. The Hall–Kier alpha value is -0.390. The number of fused-ring (bicyclic) bond motifs is 2. The van der Waals surface area contributed by atoms with Gasteiger partial charge in [0.15, 0.2) is 9.84 Å². The third-order valence-corrected chi connectivity index (χ3v) is 6.20. The van der Waals surface area contributed by atoms with Crippen molar-refractivity contribution in [2.75, 3.05) is 12.3 Å². The van der Waals surface area contributed by atoms with Crippen LogP contribution in [0.4, 0.5) is 0 Å². The first-order valence-corrected chi connectivity index (χ1v) is 9.22. The molecule has 3 unspecified atom stereocenters. The molecule has 4 nitrogen and oxygen atoms in total. The number of sulfone groups is 1. The Labute approximate surface area is 116 Å². The van der Waals surface area contributed by atoms with Gasteiger partial charge in [0, 0.05) is 29.6 Å². The Balaban J connectivity index is 1.74. The molecule has 3 aliphatic heterocycles. The first kappa shape index (κ1) is 13.6. The summed E-state index contributed by atoms with van der Waals surface area (Å²) in [5.41, 5.74) is 0. The zero-order valence-corrected chi connectivity index (χ0v) is 12.4. The molecule has 0 amide bonds. The van der Waals surface area contributed by atoms with E-state index in [2.05, 4.69) is 17.1 Å². The second kappa shape index (κ2) is 5.19. The maximum atomic E-state index is 11.6. The van der Waals surface area contributed by atoms with Crippen molar-refractivity contribution in [1.29, 1.82) is 0 Å². The summed E-state index contributed by atoms with van der Waals surface area (Å²) in [5.74, 6) is 0.297. The minimum absolute atomic E-state index is 0.128. The summed E-state index contributed by atoms with van der Waals surface area (Å²) in [4.78, 5) is 2.51. The summed E-state index contributed by atoms with van der Waals surface area (Å²) in [5, 5.41) is 5.00. The molecule has 1 N–H and O–H groups in total. The molecule has 2 saturated heterocycles. The van der Waals surface area contributed by atoms with Crippen molar-refractivity contribution in [1.82, 2.24) is 10.2 Å². The molecule has 0 aromatic carbocycles. The van der Waals surface area contributed by atoms with Crippen LogP contribution in [0.5, 0.6) is 0 Å². The van der Waals surface area contributed by atoms with Crippen LogP contribution in [0.15, 0.2) is 11.5 Å². The predicted molar refractivity (Wildman–Crippen MR) is 76.7 cm³/mol. The van der Waals surface area contributed by atoms with Crippen molar-refractivity contribution in [3.63, 3.8) is 0 Å². The Morgan fingerprint density at radius 2 is 1.95 bits per heavy atom. The molecule has 2 fully saturated rings. The fourth-order valence-corrected chi connectivity index (χ4v) is 5.45. The van der Waals surface area contributed by atoms with Crippen molar-refractivity contribution >= 4 is 9.84 Å². The standard InChI is InChI=1S/C14H24N2O2S/c1-2-15-11-8-12-4-3-5-13(9-11)16(12)14-6-7-19(17,18)10-14/h6-7,11-15H,2-5,8-10H2,1H3. The van der Waals surface area contributed by atoms with Crippen LogP contribution in [-0.4, -0.2) is 49.8 Å². The summed E-state index contributed by atoms with van der Waals surface area (Å²) in [6, 6.07) is 1.89. The Morgan fingerprint density at radius 3 is 2.47 bits per heavy atom. The smallest absolute Gasteiger partial charge is 0.173 e. The molecule has 0 spiro atoms. The number of piperidine rings is 2. The van der Waals surface area contributed by atoms with Crippen LogP contribution in [-0.2, 0) is 9.84 Å². The minimum atomic E-state index is -2.94. The van der Waals surface area contributed by atoms with Crippen molar-refractivity contribution in [3.8, 4) is 0 Å². The van der Waals surface area contributed by atoms with Crippen molar-refractivity contribution in [2.45, 2.75) is 63.2 Å². The number of hydrogen-bond donors (Lipinski definition) is 1. The molecule has 0 aromatic heterocycles. The van der Waals surface area contributed by atoms with Gasteiger partial charge in [-0.1, -0.05) is 19.4 Å². The van der Waals surface area contributed by atoms with E-state index in [4.69, 9.17) is 0 Å². The number of rotatable bonds is 3. The summed E-state index contributed by atoms with van der Waals surface area (Å²) < 4.78 is 23.3. The topological polar surface area (TPSA) is 49.4 Å². The van der Waals surface area contributed by atoms with Gasteiger partial charge in [-0.3, -0.25) is 4.90 Å². The van der Waals surface area contributed by atoms with Crippen molar-refractivity contribution in [3.05, 3.63) is 11.5 Å². The molecule has 0 aromatic rings. The molecule has 19 heavy (non-hydrogen) atoms. The first-order valence-electron chi connectivity index (χ1n) is 7.51. The molecule has 0 radical (unpaired) electrons. The summed E-state index contributed by atoms with van der Waals surface area (Å²) >= 11 is 0. The van der Waals surface area contributed by atoms with Gasteiger partial charge in [-0.25, -0.2) is 8.42 Å². The molecule has 2 bridgehead atoms. The van der Waals surface area contributed by atoms with Crippen LogP contribution < -0.4 is 5.32 Å². The van der Waals surface area contributed by atoms with E-state index < -0.39 is 9.84 Å². The Bertz CT molecular complexity index is 446. The molecule has 0 saturated carbocycles. The van der Waals surface area contributed by atoms with Crippen LogP contribution in [0.2, 0.25) is 0 Å². The molecule has 108 valence electrons. The minimum Gasteiger partial charge on any atom is -0.314 e. The normalized spacial score (nSPS) is 41.5. The fourth-order valence-electron chi connectivity index (χ4n) is 4.16. The fraction of sp³-hybridized carbons (Fsp3) is 0.857. The Morgan fingerprint density at radius 1 is 1.26 bits per heavy atom. The van der Waals surface area contributed by atoms with Crippen molar-refractivity contribution < 1.29 is 8.42 Å². The lowest BCUT2D eigenvalue weighted by Crippen LogP contribution is -2.59. The molecular formula is C14H24N2O2S. The van der Waals surface area contributed by atoms with E-state index in [1.807, 2.05) is 6.08 Å². The van der Waals surface area contributed by atoms with E-state index in [1.54, 1.807) is 0 Å². The lowest BCUT2D eigenvalue weighted by atomic mass is 9.80. The van der Waals surface area contributed by atoms with Gasteiger partial charge in [0.05, 0.1) is 5.75 Å². The highest BCUT2D eigenvalue weighted by Crippen LogP contribution is 2.37. The maximum absolute atomic E-state index is 11.6. The van der Waals surface area contributed by atoms with Gasteiger partial charge in [-0.15, -0.1) is 0 Å². The van der Waals surface area contributed by atoms with E-state index in [1.165, 1.54) is 37.5 Å². The molecule has 3 aliphatic rings. The summed E-state index contributed by atoms with van der Waals surface area (Å²) in [6.45, 7) is 3.19. The third kappa shape index (κ3) is 2.73. The highest BCUT2D eigenvalue weighted by molar-refractivity contribution is 7.94. The SMILES string of the molecule is CCNC1CC2CCCC(C1)N2C1C=CS(=O)(=O)C1. The third-order valence-electron chi connectivity index (χ3n) is 4.82. The van der Waals surface area contributed by atoms with E-state index in [0.29, 0.717) is 23.9 Å². The lowest BCUT2D eigenvalue weighted by molar-refractivity contribution is 0.0102. The molecule has 5 heteroatoms. The van der Waals surface area contributed by atoms with Gasteiger partial charge < -0.3 is 5.32 Å². The monoisotopic (exact) mass is 284 g/mol. The first-order chi connectivity index (χ1) is 9.09. The largest absolute Gasteiger partial charge is 0.314 e. The molecule has 3 atom stereocenters. The average Bonchev–Trinajstić information content (AvgIpc) is 2.69. The zero-order valence-electron chi connectivity index (χ0n) is 11.6. The van der Waals surface area contributed by atoms with Crippen LogP contribution in [0.3, 0.4) is 0 Å². The van der Waals surface area contributed by atoms with Crippen LogP contribution in [0.25, 0.3) is 0 Å². The highest BCUT2D eigenvalue weighted by Gasteiger charge is 2.42. The van der Waals surface area contributed by atoms with E-state index in [0.717, 1.165) is 6.54 Å². The van der Waals surface area contributed by atoms with E-state index in [-0.39, 0.29) is 6.04 Å². The molecule has 3 heterocycles. The van der Waals surface area contributed by atoms with Gasteiger partial charge in [0.25, 0.3) is 0 Å². The number of nitrogens with one attached hydrogen (secondary N) is 1. The van der Waals surface area contributed by atoms with Crippen LogP contribution in [0, 0.1) is 0 Å². The van der Waals surface area contributed by atoms with Crippen LogP contribution >= 0.6 is 0 Å². The maximum Gasteiger partial charge on any atom is 0.173 e. The predicted octanol–water partition coefficient (Wildman–Crippen LogP) is 1.29.